The number of hydrogen-bond donors (Lipinski definition) is 1. The molecule has 0 radical (unpaired) electrons. The van der Waals surface area contributed by atoms with Gasteiger partial charge in [-0.05, 0) is 31.2 Å². The molecule has 2 rings (SSSR count). The predicted octanol–water partition coefficient (Wildman–Crippen LogP) is 2.58. The number of hydrogen-bond acceptors (Lipinski definition) is 5. The minimum Gasteiger partial charge on any atom is -0.497 e. The minimum absolute atomic E-state index is 0.0313. The second-order valence-corrected chi connectivity index (χ2v) is 4.67. The van der Waals surface area contributed by atoms with E-state index in [0.717, 1.165) is 35.6 Å². The van der Waals surface area contributed by atoms with E-state index in [4.69, 9.17) is 9.47 Å². The summed E-state index contributed by atoms with van der Waals surface area (Å²) in [6.07, 6.45) is 6.21. The van der Waals surface area contributed by atoms with Crippen molar-refractivity contribution in [2.75, 3.05) is 20.8 Å². The van der Waals surface area contributed by atoms with Gasteiger partial charge in [0.25, 0.3) is 0 Å². The van der Waals surface area contributed by atoms with E-state index in [-0.39, 0.29) is 6.04 Å². The lowest BCUT2D eigenvalue weighted by Gasteiger charge is -2.21. The maximum Gasteiger partial charge on any atom is 0.124 e. The lowest BCUT2D eigenvalue weighted by molar-refractivity contribution is 0.393. The lowest BCUT2D eigenvalue weighted by atomic mass is 9.99. The van der Waals surface area contributed by atoms with Gasteiger partial charge < -0.3 is 14.8 Å². The zero-order valence-electron chi connectivity index (χ0n) is 12.7. The number of nitrogens with one attached hydrogen (secondary N) is 1. The Labute approximate surface area is 125 Å². The van der Waals surface area contributed by atoms with Crippen LogP contribution in [0.4, 0.5) is 0 Å². The van der Waals surface area contributed by atoms with Gasteiger partial charge in [-0.25, -0.2) is 9.97 Å². The van der Waals surface area contributed by atoms with Crippen molar-refractivity contribution >= 4 is 0 Å². The average Bonchev–Trinajstić information content (AvgIpc) is 2.56. The summed E-state index contributed by atoms with van der Waals surface area (Å²) in [5, 5.41) is 3.51. The van der Waals surface area contributed by atoms with Gasteiger partial charge in [0.1, 0.15) is 17.8 Å². The molecule has 0 saturated heterocycles. The summed E-state index contributed by atoms with van der Waals surface area (Å²) in [5.41, 5.74) is 2.01. The van der Waals surface area contributed by atoms with Crippen LogP contribution in [0.15, 0.2) is 36.9 Å². The number of aromatic nitrogens is 2. The number of ether oxygens (including phenoxy) is 2. The third kappa shape index (κ3) is 3.70. The third-order valence-electron chi connectivity index (χ3n) is 3.26. The first kappa shape index (κ1) is 15.3. The van der Waals surface area contributed by atoms with Gasteiger partial charge in [-0.2, -0.15) is 0 Å². The highest BCUT2D eigenvalue weighted by molar-refractivity contribution is 5.45. The minimum atomic E-state index is -0.0313. The Morgan fingerprint density at radius 1 is 1.14 bits per heavy atom. The van der Waals surface area contributed by atoms with E-state index in [2.05, 4.69) is 22.2 Å². The van der Waals surface area contributed by atoms with E-state index >= 15 is 0 Å². The van der Waals surface area contributed by atoms with E-state index in [1.165, 1.54) is 6.33 Å². The van der Waals surface area contributed by atoms with E-state index in [1.54, 1.807) is 14.2 Å². The Hall–Kier alpha value is -2.14. The Balaban J connectivity index is 2.44. The quantitative estimate of drug-likeness (QED) is 0.848. The summed E-state index contributed by atoms with van der Waals surface area (Å²) in [4.78, 5) is 8.23. The summed E-state index contributed by atoms with van der Waals surface area (Å²) in [5.74, 6) is 1.61. The molecule has 1 heterocycles. The predicted molar refractivity (Wildman–Crippen MR) is 81.7 cm³/mol. The highest BCUT2D eigenvalue weighted by atomic mass is 16.5. The van der Waals surface area contributed by atoms with Gasteiger partial charge >= 0.3 is 0 Å². The first-order valence-corrected chi connectivity index (χ1v) is 7.00. The fourth-order valence-corrected chi connectivity index (χ4v) is 2.22. The molecular formula is C16H21N3O2. The van der Waals surface area contributed by atoms with Crippen LogP contribution in [0.3, 0.4) is 0 Å². The Morgan fingerprint density at radius 3 is 2.52 bits per heavy atom. The van der Waals surface area contributed by atoms with Crippen molar-refractivity contribution in [2.45, 2.75) is 19.4 Å². The van der Waals surface area contributed by atoms with Crippen LogP contribution in [0.1, 0.15) is 30.5 Å². The summed E-state index contributed by atoms with van der Waals surface area (Å²) in [6, 6.07) is 5.76. The standard InChI is InChI=1S/C16H21N3O2/c1-4-7-19-16(12-9-17-11-18-10-12)14-8-13(20-2)5-6-15(14)21-3/h5-6,8-11,16,19H,4,7H2,1-3H3. The second-order valence-electron chi connectivity index (χ2n) is 4.67. The van der Waals surface area contributed by atoms with Crippen LogP contribution in [0.25, 0.3) is 0 Å². The van der Waals surface area contributed by atoms with Crippen LogP contribution in [-0.2, 0) is 0 Å². The Morgan fingerprint density at radius 2 is 1.90 bits per heavy atom. The molecule has 0 spiro atoms. The summed E-state index contributed by atoms with van der Waals surface area (Å²) in [7, 11) is 3.33. The van der Waals surface area contributed by atoms with Crippen molar-refractivity contribution in [2.24, 2.45) is 0 Å². The molecule has 0 fully saturated rings. The second kappa shape index (κ2) is 7.59. The first-order chi connectivity index (χ1) is 10.3. The van der Waals surface area contributed by atoms with E-state index in [1.807, 2.05) is 30.6 Å². The summed E-state index contributed by atoms with van der Waals surface area (Å²) < 4.78 is 10.8. The molecule has 1 aromatic carbocycles. The fraction of sp³-hybridized carbons (Fsp3) is 0.375. The monoisotopic (exact) mass is 287 g/mol. The van der Waals surface area contributed by atoms with Gasteiger partial charge in [0.2, 0.25) is 0 Å². The molecule has 21 heavy (non-hydrogen) atoms. The van der Waals surface area contributed by atoms with Gasteiger partial charge in [-0.15, -0.1) is 0 Å². The lowest BCUT2D eigenvalue weighted by Crippen LogP contribution is -2.24. The van der Waals surface area contributed by atoms with Gasteiger partial charge in [0, 0.05) is 23.5 Å². The van der Waals surface area contributed by atoms with Gasteiger partial charge in [-0.1, -0.05) is 6.92 Å². The number of nitrogens with zero attached hydrogens (tertiary/aromatic N) is 2. The van der Waals surface area contributed by atoms with Crippen LogP contribution in [0.2, 0.25) is 0 Å². The van der Waals surface area contributed by atoms with Gasteiger partial charge in [0.05, 0.1) is 20.3 Å². The van der Waals surface area contributed by atoms with E-state index in [9.17, 15) is 0 Å². The van der Waals surface area contributed by atoms with Crippen LogP contribution < -0.4 is 14.8 Å². The Bertz CT molecular complexity index is 561. The van der Waals surface area contributed by atoms with Crippen molar-refractivity contribution in [1.82, 2.24) is 15.3 Å². The third-order valence-corrected chi connectivity index (χ3v) is 3.26. The SMILES string of the molecule is CCCNC(c1cncnc1)c1cc(OC)ccc1OC. The molecule has 1 atom stereocenters. The molecule has 5 nitrogen and oxygen atoms in total. The van der Waals surface area contributed by atoms with Crippen molar-refractivity contribution in [3.63, 3.8) is 0 Å². The number of benzene rings is 1. The maximum absolute atomic E-state index is 5.49. The largest absolute Gasteiger partial charge is 0.497 e. The Kier molecular flexibility index (Phi) is 5.51. The molecule has 2 aromatic rings. The molecule has 0 aliphatic rings. The highest BCUT2D eigenvalue weighted by Gasteiger charge is 2.19. The van der Waals surface area contributed by atoms with E-state index in [0.29, 0.717) is 0 Å². The summed E-state index contributed by atoms with van der Waals surface area (Å²) >= 11 is 0. The smallest absolute Gasteiger partial charge is 0.124 e. The molecule has 0 aliphatic carbocycles. The first-order valence-electron chi connectivity index (χ1n) is 7.00. The van der Waals surface area contributed by atoms with Gasteiger partial charge in [-0.3, -0.25) is 0 Å². The molecule has 0 saturated carbocycles. The zero-order chi connectivity index (χ0) is 15.1. The number of rotatable bonds is 7. The molecule has 112 valence electrons. The molecule has 0 aliphatic heterocycles. The van der Waals surface area contributed by atoms with Crippen molar-refractivity contribution in [1.29, 1.82) is 0 Å². The molecule has 1 aromatic heterocycles. The zero-order valence-corrected chi connectivity index (χ0v) is 12.7. The number of methoxy groups -OCH3 is 2. The van der Waals surface area contributed by atoms with Crippen molar-refractivity contribution in [3.05, 3.63) is 48.0 Å². The van der Waals surface area contributed by atoms with Crippen molar-refractivity contribution < 1.29 is 9.47 Å². The molecular weight excluding hydrogens is 266 g/mol. The van der Waals surface area contributed by atoms with E-state index < -0.39 is 0 Å². The highest BCUT2D eigenvalue weighted by Crippen LogP contribution is 2.32. The normalized spacial score (nSPS) is 12.0. The fourth-order valence-electron chi connectivity index (χ4n) is 2.22. The molecule has 0 bridgehead atoms. The van der Waals surface area contributed by atoms with Crippen molar-refractivity contribution in [3.8, 4) is 11.5 Å². The molecule has 1 unspecified atom stereocenters. The molecule has 5 heteroatoms. The maximum atomic E-state index is 5.49. The van der Waals surface area contributed by atoms with Crippen LogP contribution in [-0.4, -0.2) is 30.7 Å². The average molecular weight is 287 g/mol. The van der Waals surface area contributed by atoms with Crippen LogP contribution in [0.5, 0.6) is 11.5 Å². The topological polar surface area (TPSA) is 56.3 Å². The van der Waals surface area contributed by atoms with Crippen LogP contribution in [0, 0.1) is 0 Å². The molecule has 1 N–H and O–H groups in total. The van der Waals surface area contributed by atoms with Gasteiger partial charge in [0.15, 0.2) is 0 Å². The summed E-state index contributed by atoms with van der Waals surface area (Å²) in [6.45, 7) is 3.02. The van der Waals surface area contributed by atoms with Crippen LogP contribution >= 0.6 is 0 Å². The molecule has 0 amide bonds.